The van der Waals surface area contributed by atoms with Gasteiger partial charge in [0.25, 0.3) is 0 Å². The van der Waals surface area contributed by atoms with Gasteiger partial charge in [-0.2, -0.15) is 0 Å². The third kappa shape index (κ3) is 4.36. The summed E-state index contributed by atoms with van der Waals surface area (Å²) in [7, 11) is 0. The number of benzene rings is 3. The number of carboxylic acid groups (broad SMARTS) is 1. The van der Waals surface area contributed by atoms with Gasteiger partial charge in [0.1, 0.15) is 0 Å². The van der Waals surface area contributed by atoms with Crippen LogP contribution in [-0.2, 0) is 15.0 Å². The molecule has 1 atom stereocenters. The lowest BCUT2D eigenvalue weighted by atomic mass is 9.90. The molecule has 1 heterocycles. The van der Waals surface area contributed by atoms with Gasteiger partial charge >= 0.3 is 5.97 Å². The third-order valence-corrected chi connectivity index (χ3v) is 7.21. The molecular formula is C29H29NO5. The average molecular weight is 472 g/mol. The summed E-state index contributed by atoms with van der Waals surface area (Å²) in [6, 6.07) is 17.8. The first kappa shape index (κ1) is 23.0. The molecule has 1 aliphatic heterocycles. The van der Waals surface area contributed by atoms with E-state index in [1.807, 2.05) is 69.3 Å². The van der Waals surface area contributed by atoms with E-state index in [1.54, 1.807) is 0 Å². The molecule has 3 aromatic carbocycles. The zero-order chi connectivity index (χ0) is 24.7. The fourth-order valence-electron chi connectivity index (χ4n) is 4.82. The van der Waals surface area contributed by atoms with E-state index in [9.17, 15) is 14.7 Å². The first-order valence-electron chi connectivity index (χ1n) is 11.9. The second-order valence-electron chi connectivity index (χ2n) is 9.71. The van der Waals surface area contributed by atoms with Crippen molar-refractivity contribution in [1.29, 1.82) is 0 Å². The minimum atomic E-state index is -0.808. The lowest BCUT2D eigenvalue weighted by Gasteiger charge is -2.18. The Balaban J connectivity index is 1.41. The average Bonchev–Trinajstić information content (AvgIpc) is 3.51. The fraction of sp³-hybridized carbons (Fsp3) is 0.310. The van der Waals surface area contributed by atoms with Gasteiger partial charge in [-0.25, -0.2) is 0 Å². The quantitative estimate of drug-likeness (QED) is 0.445. The molecule has 6 nitrogen and oxygen atoms in total. The summed E-state index contributed by atoms with van der Waals surface area (Å²) in [5.41, 5.74) is 6.39. The van der Waals surface area contributed by atoms with E-state index in [-0.39, 0.29) is 25.0 Å². The van der Waals surface area contributed by atoms with Crippen molar-refractivity contribution in [2.45, 2.75) is 51.4 Å². The van der Waals surface area contributed by atoms with Crippen LogP contribution in [0.5, 0.6) is 11.5 Å². The Hall–Kier alpha value is -3.80. The normalized spacial score (nSPS) is 16.0. The van der Waals surface area contributed by atoms with Gasteiger partial charge in [-0.15, -0.1) is 0 Å². The maximum Gasteiger partial charge on any atom is 0.303 e. The highest BCUT2D eigenvalue weighted by Gasteiger charge is 2.51. The van der Waals surface area contributed by atoms with E-state index in [0.29, 0.717) is 11.5 Å². The van der Waals surface area contributed by atoms with Crippen LogP contribution < -0.4 is 14.8 Å². The van der Waals surface area contributed by atoms with Crippen molar-refractivity contribution >= 4 is 17.6 Å². The maximum atomic E-state index is 13.4. The van der Waals surface area contributed by atoms with Crippen LogP contribution in [0.3, 0.4) is 0 Å². The van der Waals surface area contributed by atoms with Crippen LogP contribution >= 0.6 is 0 Å². The molecule has 0 bridgehead atoms. The molecule has 1 saturated carbocycles. The lowest BCUT2D eigenvalue weighted by molar-refractivity contribution is -0.137. The van der Waals surface area contributed by atoms with E-state index in [2.05, 4.69) is 11.4 Å². The molecule has 1 aliphatic carbocycles. The summed E-state index contributed by atoms with van der Waals surface area (Å²) in [4.78, 5) is 24.6. The number of carbonyl (C=O) groups excluding carboxylic acids is 1. The maximum absolute atomic E-state index is 13.4. The summed E-state index contributed by atoms with van der Waals surface area (Å²) < 4.78 is 10.9. The van der Waals surface area contributed by atoms with Gasteiger partial charge in [0.2, 0.25) is 12.7 Å². The summed E-state index contributed by atoms with van der Waals surface area (Å²) in [6.45, 7) is 6.23. The van der Waals surface area contributed by atoms with Crippen molar-refractivity contribution in [2.75, 3.05) is 12.1 Å². The minimum absolute atomic E-state index is 0.0216. The number of ether oxygens (including phenoxy) is 2. The first-order valence-corrected chi connectivity index (χ1v) is 11.9. The van der Waals surface area contributed by atoms with E-state index in [1.165, 1.54) is 0 Å². The molecule has 35 heavy (non-hydrogen) atoms. The van der Waals surface area contributed by atoms with E-state index in [4.69, 9.17) is 9.47 Å². The number of hydrogen-bond acceptors (Lipinski definition) is 4. The van der Waals surface area contributed by atoms with E-state index < -0.39 is 11.4 Å². The molecule has 1 amide bonds. The van der Waals surface area contributed by atoms with Crippen molar-refractivity contribution in [3.05, 3.63) is 76.9 Å². The summed E-state index contributed by atoms with van der Waals surface area (Å²) in [6.07, 6.45) is 1.67. The Morgan fingerprint density at radius 3 is 2.34 bits per heavy atom. The standard InChI is InChI=1S/C29H29NO5/c1-17-4-6-20(19(3)12-27(31)32)13-23(17)24-15-22(8-5-18(24)2)30-28(33)29(10-11-29)21-7-9-25-26(14-21)35-16-34-25/h4-9,13-15,19H,10-12,16H2,1-3H3,(H,30,33)(H,31,32). The number of hydrogen-bond donors (Lipinski definition) is 2. The van der Waals surface area contributed by atoms with Gasteiger partial charge in [0.05, 0.1) is 11.8 Å². The number of aliphatic carboxylic acids is 1. The van der Waals surface area contributed by atoms with Crippen molar-refractivity contribution in [3.8, 4) is 22.6 Å². The van der Waals surface area contributed by atoms with Gasteiger partial charge in [-0.3, -0.25) is 9.59 Å². The predicted octanol–water partition coefficient (Wildman–Crippen LogP) is 5.95. The van der Waals surface area contributed by atoms with Gasteiger partial charge in [-0.05, 0) is 90.3 Å². The summed E-state index contributed by atoms with van der Waals surface area (Å²) >= 11 is 0. The molecule has 6 heteroatoms. The number of nitrogens with one attached hydrogen (secondary N) is 1. The number of aryl methyl sites for hydroxylation is 2. The summed E-state index contributed by atoms with van der Waals surface area (Å²) in [5, 5.41) is 12.3. The van der Waals surface area contributed by atoms with Crippen molar-refractivity contribution in [2.24, 2.45) is 0 Å². The van der Waals surface area contributed by atoms with Crippen LogP contribution in [0, 0.1) is 13.8 Å². The van der Waals surface area contributed by atoms with Crippen molar-refractivity contribution < 1.29 is 24.2 Å². The highest BCUT2D eigenvalue weighted by molar-refractivity contribution is 6.02. The minimum Gasteiger partial charge on any atom is -0.481 e. The highest BCUT2D eigenvalue weighted by Crippen LogP contribution is 2.51. The molecule has 180 valence electrons. The SMILES string of the molecule is Cc1ccc(NC(=O)C2(c3ccc4c(c3)OCO4)CC2)cc1-c1cc(C(C)CC(=O)O)ccc1C. The molecule has 0 spiro atoms. The first-order chi connectivity index (χ1) is 16.8. The Kier molecular flexibility index (Phi) is 5.75. The molecule has 0 radical (unpaired) electrons. The second-order valence-corrected chi connectivity index (χ2v) is 9.71. The Morgan fingerprint density at radius 1 is 0.943 bits per heavy atom. The van der Waals surface area contributed by atoms with Crippen LogP contribution in [0.15, 0.2) is 54.6 Å². The number of amides is 1. The topological polar surface area (TPSA) is 84.9 Å². The monoisotopic (exact) mass is 471 g/mol. The Morgan fingerprint density at radius 2 is 1.63 bits per heavy atom. The van der Waals surface area contributed by atoms with Gasteiger partial charge < -0.3 is 19.9 Å². The lowest BCUT2D eigenvalue weighted by Crippen LogP contribution is -2.27. The summed E-state index contributed by atoms with van der Waals surface area (Å²) in [5.74, 6) is 0.477. The van der Waals surface area contributed by atoms with Gasteiger partial charge in [0, 0.05) is 5.69 Å². The van der Waals surface area contributed by atoms with E-state index >= 15 is 0 Å². The van der Waals surface area contributed by atoms with Crippen molar-refractivity contribution in [1.82, 2.24) is 0 Å². The molecule has 0 saturated heterocycles. The van der Waals surface area contributed by atoms with Crippen LogP contribution in [-0.4, -0.2) is 23.8 Å². The third-order valence-electron chi connectivity index (χ3n) is 7.21. The number of carbonyl (C=O) groups is 2. The molecule has 2 aliphatic rings. The zero-order valence-electron chi connectivity index (χ0n) is 20.2. The van der Waals surface area contributed by atoms with Crippen LogP contribution in [0.25, 0.3) is 11.1 Å². The number of rotatable bonds is 7. The molecule has 0 aromatic heterocycles. The zero-order valence-corrected chi connectivity index (χ0v) is 20.2. The Bertz CT molecular complexity index is 1320. The molecule has 1 unspecified atom stereocenters. The molecular weight excluding hydrogens is 442 g/mol. The fourth-order valence-corrected chi connectivity index (χ4v) is 4.82. The largest absolute Gasteiger partial charge is 0.481 e. The molecule has 5 rings (SSSR count). The number of anilines is 1. The molecule has 1 fully saturated rings. The predicted molar refractivity (Wildman–Crippen MR) is 134 cm³/mol. The molecule has 2 N–H and O–H groups in total. The molecule has 3 aromatic rings. The van der Waals surface area contributed by atoms with Gasteiger partial charge in [-0.1, -0.05) is 37.3 Å². The highest BCUT2D eigenvalue weighted by atomic mass is 16.7. The number of carboxylic acids is 1. The smallest absolute Gasteiger partial charge is 0.303 e. The van der Waals surface area contributed by atoms with Crippen molar-refractivity contribution in [3.63, 3.8) is 0 Å². The van der Waals surface area contributed by atoms with Crippen LogP contribution in [0.1, 0.15) is 54.4 Å². The van der Waals surface area contributed by atoms with E-state index in [0.717, 1.165) is 51.9 Å². The van der Waals surface area contributed by atoms with Crippen LogP contribution in [0.4, 0.5) is 5.69 Å². The number of fused-ring (bicyclic) bond motifs is 1. The van der Waals surface area contributed by atoms with Crippen LogP contribution in [0.2, 0.25) is 0 Å². The second kappa shape index (κ2) is 8.77. The van der Waals surface area contributed by atoms with Gasteiger partial charge in [0.15, 0.2) is 11.5 Å². The Labute approximate surface area is 204 Å².